The van der Waals surface area contributed by atoms with Crippen molar-refractivity contribution in [2.75, 3.05) is 7.11 Å². The maximum atomic E-state index is 6.17. The van der Waals surface area contributed by atoms with E-state index in [0.29, 0.717) is 0 Å². The van der Waals surface area contributed by atoms with Crippen LogP contribution >= 0.6 is 15.9 Å². The predicted octanol–water partition coefficient (Wildman–Crippen LogP) is 3.58. The van der Waals surface area contributed by atoms with Gasteiger partial charge in [0.2, 0.25) is 0 Å². The molecule has 19 heavy (non-hydrogen) atoms. The predicted molar refractivity (Wildman–Crippen MR) is 79.9 cm³/mol. The van der Waals surface area contributed by atoms with Gasteiger partial charge in [-0.2, -0.15) is 0 Å². The van der Waals surface area contributed by atoms with Crippen LogP contribution in [0.5, 0.6) is 5.75 Å². The van der Waals surface area contributed by atoms with Crippen LogP contribution in [0, 0.1) is 0 Å². The minimum absolute atomic E-state index is 0.183. The number of methoxy groups -OCH3 is 1. The third-order valence-corrected chi connectivity index (χ3v) is 4.42. The van der Waals surface area contributed by atoms with Crippen molar-refractivity contribution < 1.29 is 4.74 Å². The number of nitrogens with two attached hydrogens (primary N) is 1. The highest BCUT2D eigenvalue weighted by Gasteiger charge is 2.20. The van der Waals surface area contributed by atoms with Crippen molar-refractivity contribution in [2.45, 2.75) is 25.3 Å². The first-order valence-electron chi connectivity index (χ1n) is 6.50. The summed E-state index contributed by atoms with van der Waals surface area (Å²) in [6.45, 7) is 0. The number of hydrogen-bond acceptors (Lipinski definition) is 2. The van der Waals surface area contributed by atoms with E-state index in [-0.39, 0.29) is 6.04 Å². The van der Waals surface area contributed by atoms with E-state index in [4.69, 9.17) is 10.5 Å². The van der Waals surface area contributed by atoms with Crippen molar-refractivity contribution in [1.82, 2.24) is 4.57 Å². The zero-order chi connectivity index (χ0) is 13.4. The number of rotatable bonds is 2. The van der Waals surface area contributed by atoms with Gasteiger partial charge >= 0.3 is 0 Å². The Morgan fingerprint density at radius 1 is 1.37 bits per heavy atom. The number of halogens is 1. The molecule has 0 aliphatic heterocycles. The molecule has 1 aromatic heterocycles. The summed E-state index contributed by atoms with van der Waals surface area (Å²) in [6, 6.07) is 8.48. The molecule has 0 radical (unpaired) electrons. The van der Waals surface area contributed by atoms with Gasteiger partial charge in [-0.15, -0.1) is 0 Å². The monoisotopic (exact) mass is 320 g/mol. The highest BCUT2D eigenvalue weighted by molar-refractivity contribution is 9.10. The van der Waals surface area contributed by atoms with Gasteiger partial charge in [-0.05, 0) is 59.0 Å². The lowest BCUT2D eigenvalue weighted by Crippen LogP contribution is -2.17. The Balaban J connectivity index is 2.08. The summed E-state index contributed by atoms with van der Waals surface area (Å²) in [5.41, 5.74) is 9.91. The summed E-state index contributed by atoms with van der Waals surface area (Å²) in [6.07, 6.45) is 5.44. The Labute approximate surface area is 121 Å². The summed E-state index contributed by atoms with van der Waals surface area (Å²) in [4.78, 5) is 0. The Morgan fingerprint density at radius 2 is 2.21 bits per heavy atom. The van der Waals surface area contributed by atoms with Gasteiger partial charge in [-0.1, -0.05) is 0 Å². The number of hydrogen-bond donors (Lipinski definition) is 1. The minimum Gasteiger partial charge on any atom is -0.495 e. The van der Waals surface area contributed by atoms with E-state index in [1.807, 2.05) is 12.1 Å². The molecule has 0 fully saturated rings. The number of benzene rings is 1. The number of ether oxygens (including phenoxy) is 1. The van der Waals surface area contributed by atoms with E-state index in [0.717, 1.165) is 35.2 Å². The molecule has 1 unspecified atom stereocenters. The van der Waals surface area contributed by atoms with E-state index >= 15 is 0 Å². The van der Waals surface area contributed by atoms with Crippen LogP contribution in [-0.4, -0.2) is 11.7 Å². The zero-order valence-corrected chi connectivity index (χ0v) is 12.5. The fraction of sp³-hybridized carbons (Fsp3) is 0.333. The maximum absolute atomic E-state index is 6.17. The molecule has 1 heterocycles. The van der Waals surface area contributed by atoms with Gasteiger partial charge < -0.3 is 15.0 Å². The zero-order valence-electron chi connectivity index (χ0n) is 10.9. The molecule has 1 atom stereocenters. The van der Waals surface area contributed by atoms with Crippen molar-refractivity contribution in [1.29, 1.82) is 0 Å². The molecule has 3 nitrogen and oxygen atoms in total. The highest BCUT2D eigenvalue weighted by Crippen LogP contribution is 2.33. The minimum atomic E-state index is 0.183. The molecule has 2 N–H and O–H groups in total. The standard InChI is InChI=1S/C15H17BrN2O/c1-19-15-9-10(5-6-12(15)16)18-8-7-11-13(17)3-2-4-14(11)18/h5-9,13H,2-4,17H2,1H3. The average Bonchev–Trinajstić information content (AvgIpc) is 2.85. The normalized spacial score (nSPS) is 18.2. The van der Waals surface area contributed by atoms with Crippen LogP contribution in [0.25, 0.3) is 5.69 Å². The Morgan fingerprint density at radius 3 is 3.00 bits per heavy atom. The lowest BCUT2D eigenvalue weighted by atomic mass is 9.93. The lowest BCUT2D eigenvalue weighted by molar-refractivity contribution is 0.412. The second-order valence-electron chi connectivity index (χ2n) is 4.91. The SMILES string of the molecule is COc1cc(-n2ccc3c2CCCC3N)ccc1Br. The topological polar surface area (TPSA) is 40.2 Å². The van der Waals surface area contributed by atoms with E-state index in [2.05, 4.69) is 38.8 Å². The fourth-order valence-corrected chi connectivity index (χ4v) is 3.18. The first kappa shape index (κ1) is 12.8. The van der Waals surface area contributed by atoms with Crippen molar-refractivity contribution >= 4 is 15.9 Å². The van der Waals surface area contributed by atoms with Gasteiger partial charge in [0.15, 0.2) is 0 Å². The molecular weight excluding hydrogens is 304 g/mol. The summed E-state index contributed by atoms with van der Waals surface area (Å²) < 4.78 is 8.56. The smallest absolute Gasteiger partial charge is 0.135 e. The quantitative estimate of drug-likeness (QED) is 0.918. The molecule has 0 amide bonds. The highest BCUT2D eigenvalue weighted by atomic mass is 79.9. The summed E-state index contributed by atoms with van der Waals surface area (Å²) in [7, 11) is 1.69. The van der Waals surface area contributed by atoms with Crippen LogP contribution in [-0.2, 0) is 6.42 Å². The molecule has 0 spiro atoms. The van der Waals surface area contributed by atoms with Gasteiger partial charge in [0.05, 0.1) is 11.6 Å². The van der Waals surface area contributed by atoms with Gasteiger partial charge in [0.1, 0.15) is 5.75 Å². The Kier molecular flexibility index (Phi) is 3.37. The van der Waals surface area contributed by atoms with Crippen LogP contribution in [0.2, 0.25) is 0 Å². The molecule has 0 saturated heterocycles. The first-order valence-corrected chi connectivity index (χ1v) is 7.29. The third kappa shape index (κ3) is 2.19. The number of aromatic nitrogens is 1. The average molecular weight is 321 g/mol. The van der Waals surface area contributed by atoms with Crippen LogP contribution in [0.4, 0.5) is 0 Å². The number of fused-ring (bicyclic) bond motifs is 1. The summed E-state index contributed by atoms with van der Waals surface area (Å²) in [5, 5.41) is 0. The maximum Gasteiger partial charge on any atom is 0.135 e. The van der Waals surface area contributed by atoms with Crippen molar-refractivity contribution in [3.8, 4) is 11.4 Å². The molecule has 3 rings (SSSR count). The Hall–Kier alpha value is -1.26. The van der Waals surface area contributed by atoms with Crippen LogP contribution in [0.1, 0.15) is 30.1 Å². The molecular formula is C15H17BrN2O. The van der Waals surface area contributed by atoms with Crippen LogP contribution in [0.3, 0.4) is 0 Å². The van der Waals surface area contributed by atoms with Crippen molar-refractivity contribution in [3.05, 3.63) is 46.2 Å². The van der Waals surface area contributed by atoms with E-state index in [1.165, 1.54) is 11.3 Å². The van der Waals surface area contributed by atoms with E-state index < -0.39 is 0 Å². The Bertz CT molecular complexity index is 606. The third-order valence-electron chi connectivity index (χ3n) is 3.77. The van der Waals surface area contributed by atoms with Crippen LogP contribution in [0.15, 0.2) is 34.9 Å². The van der Waals surface area contributed by atoms with Gasteiger partial charge in [-0.3, -0.25) is 0 Å². The van der Waals surface area contributed by atoms with Crippen molar-refractivity contribution in [3.63, 3.8) is 0 Å². The molecule has 0 saturated carbocycles. The van der Waals surface area contributed by atoms with Crippen molar-refractivity contribution in [2.24, 2.45) is 5.73 Å². The molecule has 0 bridgehead atoms. The molecule has 1 aliphatic rings. The second kappa shape index (κ2) is 5.02. The molecule has 2 aromatic rings. The van der Waals surface area contributed by atoms with E-state index in [9.17, 15) is 0 Å². The molecule has 4 heteroatoms. The summed E-state index contributed by atoms with van der Waals surface area (Å²) >= 11 is 3.48. The van der Waals surface area contributed by atoms with Crippen LogP contribution < -0.4 is 10.5 Å². The van der Waals surface area contributed by atoms with E-state index in [1.54, 1.807) is 7.11 Å². The van der Waals surface area contributed by atoms with Gasteiger partial charge in [0.25, 0.3) is 0 Å². The van der Waals surface area contributed by atoms with Gasteiger partial charge in [-0.25, -0.2) is 0 Å². The molecule has 100 valence electrons. The van der Waals surface area contributed by atoms with Gasteiger partial charge in [0, 0.05) is 29.7 Å². The summed E-state index contributed by atoms with van der Waals surface area (Å²) in [5.74, 6) is 0.847. The molecule has 1 aliphatic carbocycles. The fourth-order valence-electron chi connectivity index (χ4n) is 2.77. The largest absolute Gasteiger partial charge is 0.495 e. The first-order chi connectivity index (χ1) is 9.20. The number of nitrogens with zero attached hydrogens (tertiary/aromatic N) is 1. The second-order valence-corrected chi connectivity index (χ2v) is 5.76. The molecule has 1 aromatic carbocycles. The lowest BCUT2D eigenvalue weighted by Gasteiger charge is -2.21.